The lowest BCUT2D eigenvalue weighted by atomic mass is 10.1. The SMILES string of the molecule is NCc1ccc(-n2c(-c3cccnc3N)nc3cc(-c4cccnc4)cnc32)cc1. The molecule has 0 fully saturated rings. The van der Waals surface area contributed by atoms with E-state index >= 15 is 0 Å². The highest BCUT2D eigenvalue weighted by atomic mass is 15.1. The molecule has 0 spiro atoms. The minimum atomic E-state index is 0.417. The molecule has 0 bridgehead atoms. The number of nitrogens with two attached hydrogens (primary N) is 2. The van der Waals surface area contributed by atoms with Gasteiger partial charge in [-0.05, 0) is 42.0 Å². The van der Waals surface area contributed by atoms with Gasteiger partial charge in [-0.3, -0.25) is 9.55 Å². The maximum absolute atomic E-state index is 6.18. The lowest BCUT2D eigenvalue weighted by Crippen LogP contribution is -2.02. The van der Waals surface area contributed by atoms with Crippen molar-refractivity contribution in [2.75, 3.05) is 5.73 Å². The fourth-order valence-electron chi connectivity index (χ4n) is 3.47. The van der Waals surface area contributed by atoms with Gasteiger partial charge in [-0.1, -0.05) is 18.2 Å². The first-order valence-corrected chi connectivity index (χ1v) is 9.54. The quantitative estimate of drug-likeness (QED) is 0.483. The number of anilines is 1. The number of hydrogen-bond donors (Lipinski definition) is 2. The molecule has 5 aromatic rings. The van der Waals surface area contributed by atoms with Crippen LogP contribution in [0.3, 0.4) is 0 Å². The van der Waals surface area contributed by atoms with Gasteiger partial charge in [0.2, 0.25) is 0 Å². The summed E-state index contributed by atoms with van der Waals surface area (Å²) in [5, 5.41) is 0. The monoisotopic (exact) mass is 393 g/mol. The third-order valence-corrected chi connectivity index (χ3v) is 5.00. The van der Waals surface area contributed by atoms with E-state index in [9.17, 15) is 0 Å². The molecule has 4 aromatic heterocycles. The van der Waals surface area contributed by atoms with Crippen LogP contribution in [0.1, 0.15) is 5.56 Å². The molecule has 0 saturated carbocycles. The van der Waals surface area contributed by atoms with E-state index in [1.807, 2.05) is 71.6 Å². The van der Waals surface area contributed by atoms with Crippen LogP contribution in [0.2, 0.25) is 0 Å². The molecular weight excluding hydrogens is 374 g/mol. The van der Waals surface area contributed by atoms with Gasteiger partial charge in [0, 0.05) is 48.1 Å². The highest BCUT2D eigenvalue weighted by Crippen LogP contribution is 2.31. The van der Waals surface area contributed by atoms with E-state index in [1.165, 1.54) is 0 Å². The van der Waals surface area contributed by atoms with Gasteiger partial charge >= 0.3 is 0 Å². The molecule has 5 rings (SSSR count). The summed E-state index contributed by atoms with van der Waals surface area (Å²) in [6.07, 6.45) is 7.06. The molecule has 7 nitrogen and oxygen atoms in total. The van der Waals surface area contributed by atoms with E-state index in [2.05, 4.69) is 9.97 Å². The van der Waals surface area contributed by atoms with Gasteiger partial charge in [0.05, 0.1) is 5.56 Å². The van der Waals surface area contributed by atoms with Crippen LogP contribution in [0.4, 0.5) is 5.82 Å². The third kappa shape index (κ3) is 3.07. The second-order valence-corrected chi connectivity index (χ2v) is 6.89. The number of rotatable bonds is 4. The van der Waals surface area contributed by atoms with Gasteiger partial charge in [0.15, 0.2) is 11.5 Å². The number of imidazole rings is 1. The molecule has 4 heterocycles. The number of nitrogens with zero attached hydrogens (tertiary/aromatic N) is 5. The van der Waals surface area contributed by atoms with Gasteiger partial charge in [0.25, 0.3) is 0 Å². The summed E-state index contributed by atoms with van der Waals surface area (Å²) in [5.41, 5.74) is 18.1. The van der Waals surface area contributed by atoms with E-state index in [-0.39, 0.29) is 0 Å². The Kier molecular flexibility index (Phi) is 4.42. The normalized spacial score (nSPS) is 11.1. The number of pyridine rings is 3. The minimum absolute atomic E-state index is 0.417. The van der Waals surface area contributed by atoms with Crippen molar-refractivity contribution < 1.29 is 0 Å². The van der Waals surface area contributed by atoms with E-state index in [1.54, 1.807) is 12.4 Å². The van der Waals surface area contributed by atoms with Crippen LogP contribution >= 0.6 is 0 Å². The molecule has 146 valence electrons. The van der Waals surface area contributed by atoms with Crippen LogP contribution in [0, 0.1) is 0 Å². The molecular formula is C23H19N7. The Morgan fingerprint density at radius 1 is 0.867 bits per heavy atom. The Morgan fingerprint density at radius 2 is 1.70 bits per heavy atom. The smallest absolute Gasteiger partial charge is 0.164 e. The van der Waals surface area contributed by atoms with Crippen LogP contribution < -0.4 is 11.5 Å². The van der Waals surface area contributed by atoms with Crippen molar-refractivity contribution >= 4 is 17.0 Å². The van der Waals surface area contributed by atoms with Crippen LogP contribution in [-0.2, 0) is 6.54 Å². The Hall–Kier alpha value is -4.10. The molecule has 0 atom stereocenters. The fraction of sp³-hybridized carbons (Fsp3) is 0.0435. The highest BCUT2D eigenvalue weighted by molar-refractivity contribution is 5.85. The number of fused-ring (bicyclic) bond motifs is 1. The lowest BCUT2D eigenvalue weighted by molar-refractivity contribution is 1.05. The van der Waals surface area contributed by atoms with Crippen LogP contribution in [0.15, 0.2) is 79.4 Å². The molecule has 0 aliphatic carbocycles. The maximum Gasteiger partial charge on any atom is 0.164 e. The maximum atomic E-state index is 6.18. The fourth-order valence-corrected chi connectivity index (χ4v) is 3.47. The molecule has 4 N–H and O–H groups in total. The van der Waals surface area contributed by atoms with Crippen molar-refractivity contribution in [3.05, 3.63) is 84.9 Å². The largest absolute Gasteiger partial charge is 0.383 e. The first-order valence-electron chi connectivity index (χ1n) is 9.54. The number of nitrogen functional groups attached to an aromatic ring is 1. The zero-order valence-corrected chi connectivity index (χ0v) is 16.1. The van der Waals surface area contributed by atoms with Crippen molar-refractivity contribution in [2.24, 2.45) is 5.73 Å². The molecule has 0 aliphatic rings. The van der Waals surface area contributed by atoms with Crippen molar-refractivity contribution in [1.29, 1.82) is 0 Å². The second kappa shape index (κ2) is 7.38. The summed E-state index contributed by atoms with van der Waals surface area (Å²) in [7, 11) is 0. The summed E-state index contributed by atoms with van der Waals surface area (Å²) in [6.45, 7) is 0.486. The summed E-state index contributed by atoms with van der Waals surface area (Å²) in [5.74, 6) is 1.10. The predicted octanol–water partition coefficient (Wildman–Crippen LogP) is 3.59. The van der Waals surface area contributed by atoms with E-state index in [0.29, 0.717) is 18.2 Å². The highest BCUT2D eigenvalue weighted by Gasteiger charge is 2.18. The summed E-state index contributed by atoms with van der Waals surface area (Å²) in [4.78, 5) is 18.1. The Labute approximate surface area is 173 Å². The number of aromatic nitrogens is 5. The zero-order chi connectivity index (χ0) is 20.5. The molecule has 0 unspecified atom stereocenters. The molecule has 0 aliphatic heterocycles. The van der Waals surface area contributed by atoms with Crippen molar-refractivity contribution in [3.8, 4) is 28.2 Å². The van der Waals surface area contributed by atoms with E-state index in [0.717, 1.165) is 39.1 Å². The number of hydrogen-bond acceptors (Lipinski definition) is 6. The van der Waals surface area contributed by atoms with Gasteiger partial charge in [-0.2, -0.15) is 0 Å². The minimum Gasteiger partial charge on any atom is -0.383 e. The molecule has 1 aromatic carbocycles. The summed E-state index contributed by atoms with van der Waals surface area (Å²) >= 11 is 0. The zero-order valence-electron chi connectivity index (χ0n) is 16.1. The van der Waals surface area contributed by atoms with Crippen LogP contribution in [0.25, 0.3) is 39.4 Å². The lowest BCUT2D eigenvalue weighted by Gasteiger charge is -2.11. The number of benzene rings is 1. The van der Waals surface area contributed by atoms with Crippen LogP contribution in [-0.4, -0.2) is 24.5 Å². The Morgan fingerprint density at radius 3 is 2.43 bits per heavy atom. The second-order valence-electron chi connectivity index (χ2n) is 6.89. The predicted molar refractivity (Wildman–Crippen MR) is 118 cm³/mol. The van der Waals surface area contributed by atoms with Gasteiger partial charge in [-0.25, -0.2) is 15.0 Å². The Balaban J connectivity index is 1.76. The summed E-state index contributed by atoms with van der Waals surface area (Å²) in [6, 6.07) is 17.7. The van der Waals surface area contributed by atoms with Gasteiger partial charge < -0.3 is 11.5 Å². The van der Waals surface area contributed by atoms with E-state index < -0.39 is 0 Å². The third-order valence-electron chi connectivity index (χ3n) is 5.00. The van der Waals surface area contributed by atoms with Gasteiger partial charge in [0.1, 0.15) is 11.3 Å². The molecule has 0 radical (unpaired) electrons. The topological polar surface area (TPSA) is 109 Å². The first kappa shape index (κ1) is 18.0. The average molecular weight is 393 g/mol. The van der Waals surface area contributed by atoms with Crippen molar-refractivity contribution in [1.82, 2.24) is 24.5 Å². The van der Waals surface area contributed by atoms with E-state index in [4.69, 9.17) is 21.4 Å². The molecule has 7 heteroatoms. The van der Waals surface area contributed by atoms with Crippen LogP contribution in [0.5, 0.6) is 0 Å². The molecule has 0 saturated heterocycles. The molecule has 0 amide bonds. The van der Waals surface area contributed by atoms with Crippen molar-refractivity contribution in [3.63, 3.8) is 0 Å². The first-order chi connectivity index (χ1) is 14.7. The molecule has 30 heavy (non-hydrogen) atoms. The Bertz CT molecular complexity index is 1330. The summed E-state index contributed by atoms with van der Waals surface area (Å²) < 4.78 is 2.00. The average Bonchev–Trinajstić information content (AvgIpc) is 3.18. The van der Waals surface area contributed by atoms with Crippen molar-refractivity contribution in [2.45, 2.75) is 6.54 Å². The standard InChI is InChI=1S/C23H19N7/c24-12-15-5-7-18(8-6-15)30-22(19-4-2-10-27-21(19)25)29-20-11-17(14-28-23(20)30)16-3-1-9-26-13-16/h1-11,13-14H,12,24H2,(H2,25,27). The van der Waals surface area contributed by atoms with Gasteiger partial charge in [-0.15, -0.1) is 0 Å².